The number of anilines is 4. The Labute approximate surface area is 350 Å². The average Bonchev–Trinajstić information content (AvgIpc) is 3.21. The van der Waals surface area contributed by atoms with Gasteiger partial charge in [-0.2, -0.15) is 0 Å². The van der Waals surface area contributed by atoms with E-state index in [4.69, 9.17) is 9.72 Å². The van der Waals surface area contributed by atoms with E-state index in [-0.39, 0.29) is 36.0 Å². The van der Waals surface area contributed by atoms with Crippen molar-refractivity contribution in [2.45, 2.75) is 58.4 Å². The van der Waals surface area contributed by atoms with E-state index in [0.717, 1.165) is 73.9 Å². The molecule has 1 aromatic heterocycles. The summed E-state index contributed by atoms with van der Waals surface area (Å²) in [5, 5.41) is 11.9. The molecule has 5 amide bonds. The number of carbonyl (C=O) groups excluding carboxylic acids is 4. The maximum absolute atomic E-state index is 13.2. The Balaban J connectivity index is 0.758. The average molecular weight is 815 g/mol. The first kappa shape index (κ1) is 40.7. The summed E-state index contributed by atoms with van der Waals surface area (Å²) < 4.78 is 5.76. The van der Waals surface area contributed by atoms with Gasteiger partial charge >= 0.3 is 6.03 Å². The Kier molecular flexibility index (Phi) is 12.2. The van der Waals surface area contributed by atoms with Gasteiger partial charge in [-0.15, -0.1) is 0 Å². The van der Waals surface area contributed by atoms with Crippen LogP contribution in [0.2, 0.25) is 0 Å². The molecule has 60 heavy (non-hydrogen) atoms. The third-order valence-corrected chi connectivity index (χ3v) is 11.6. The second-order valence-electron chi connectivity index (χ2n) is 16.5. The zero-order valence-electron chi connectivity index (χ0n) is 34.5. The second-order valence-corrected chi connectivity index (χ2v) is 16.5. The van der Waals surface area contributed by atoms with Crippen LogP contribution in [0.5, 0.6) is 0 Å². The fraction of sp³-hybridized carbons (Fsp3) is 0.422. The number of piperidine rings is 1. The van der Waals surface area contributed by atoms with E-state index in [1.807, 2.05) is 56.0 Å². The van der Waals surface area contributed by atoms with Gasteiger partial charge in [-0.1, -0.05) is 18.2 Å². The maximum atomic E-state index is 13.2. The molecule has 15 nitrogen and oxygen atoms in total. The topological polar surface area (TPSA) is 164 Å². The molecule has 1 unspecified atom stereocenters. The lowest BCUT2D eigenvalue weighted by Gasteiger charge is -2.44. The molecule has 15 heteroatoms. The Morgan fingerprint density at radius 3 is 2.42 bits per heavy atom. The molecule has 4 saturated heterocycles. The highest BCUT2D eigenvalue weighted by molar-refractivity contribution is 6.01. The van der Waals surface area contributed by atoms with Crippen LogP contribution in [-0.2, 0) is 20.9 Å². The summed E-state index contributed by atoms with van der Waals surface area (Å²) in [4.78, 5) is 67.3. The molecule has 4 aromatic rings. The lowest BCUT2D eigenvalue weighted by atomic mass is 9.97. The lowest BCUT2D eigenvalue weighted by Crippen LogP contribution is -2.58. The summed E-state index contributed by atoms with van der Waals surface area (Å²) in [5.41, 5.74) is 7.28. The van der Waals surface area contributed by atoms with Crippen molar-refractivity contribution in [2.75, 3.05) is 74.4 Å². The highest BCUT2D eigenvalue weighted by Gasteiger charge is 2.34. The number of aryl methyl sites for hydroxylation is 1. The van der Waals surface area contributed by atoms with Crippen LogP contribution in [0.3, 0.4) is 0 Å². The van der Waals surface area contributed by atoms with Crippen molar-refractivity contribution in [3.8, 4) is 11.3 Å². The van der Waals surface area contributed by atoms with Gasteiger partial charge in [-0.05, 0) is 92.9 Å². The van der Waals surface area contributed by atoms with Gasteiger partial charge in [-0.25, -0.2) is 14.8 Å². The summed E-state index contributed by atoms with van der Waals surface area (Å²) in [6.07, 6.45) is 2.77. The first-order valence-corrected chi connectivity index (χ1v) is 21.0. The summed E-state index contributed by atoms with van der Waals surface area (Å²) >= 11 is 0. The van der Waals surface area contributed by atoms with E-state index >= 15 is 0 Å². The Morgan fingerprint density at radius 2 is 1.68 bits per heavy atom. The molecule has 0 saturated carbocycles. The number of imide groups is 1. The molecule has 4 fully saturated rings. The number of amides is 5. The van der Waals surface area contributed by atoms with Gasteiger partial charge in [0.05, 0.1) is 31.0 Å². The van der Waals surface area contributed by atoms with E-state index in [9.17, 15) is 19.2 Å². The number of hydrogen-bond donors (Lipinski definition) is 4. The summed E-state index contributed by atoms with van der Waals surface area (Å²) in [6, 6.07) is 23.1. The van der Waals surface area contributed by atoms with Crippen LogP contribution in [0, 0.1) is 12.8 Å². The minimum atomic E-state index is -0.492. The van der Waals surface area contributed by atoms with Crippen molar-refractivity contribution in [1.29, 1.82) is 0 Å². The van der Waals surface area contributed by atoms with Gasteiger partial charge in [0.1, 0.15) is 6.04 Å². The van der Waals surface area contributed by atoms with Gasteiger partial charge < -0.3 is 35.4 Å². The fourth-order valence-corrected chi connectivity index (χ4v) is 8.24. The SMILES string of the molecule is Cc1cc(-c2ccnc(Nc3ccc(N4CCN(CC5CN(C(=O)c6cccc(NC7CCC(=O)NC7=O)c6)C5)CC4)cc3)n2)ccc1CNC(=O)N1CC(OC(C)C)C1. The number of urea groups is 1. The standard InChI is InChI=1S/C45H54N10O5/c1-29(2)60-38-27-55(28-38)45(59)47-23-34-8-7-32(21-30(34)3)39-15-16-46-44(50-39)49-35-9-11-37(12-10-35)53-19-17-52(18-20-53)24-31-25-54(26-31)43(58)33-5-4-6-36(22-33)48-40-13-14-41(56)51-42(40)57/h4-12,15-16,21-22,29,31,38,40,48H,13-14,17-20,23-28H2,1-3H3,(H,47,59)(H,46,49,50)(H,51,56,57). The van der Waals surface area contributed by atoms with Gasteiger partial charge in [0, 0.05) is 99.1 Å². The molecule has 0 spiro atoms. The van der Waals surface area contributed by atoms with Gasteiger partial charge in [0.25, 0.3) is 5.91 Å². The fourth-order valence-electron chi connectivity index (χ4n) is 8.24. The molecule has 4 aliphatic rings. The lowest BCUT2D eigenvalue weighted by molar-refractivity contribution is -0.133. The smallest absolute Gasteiger partial charge is 0.317 e. The van der Waals surface area contributed by atoms with Crippen LogP contribution >= 0.6 is 0 Å². The number of aromatic nitrogens is 2. The van der Waals surface area contributed by atoms with Gasteiger partial charge in [-0.3, -0.25) is 24.6 Å². The molecule has 4 N–H and O–H groups in total. The van der Waals surface area contributed by atoms with E-state index in [0.29, 0.717) is 55.6 Å². The predicted molar refractivity (Wildman–Crippen MR) is 230 cm³/mol. The molecule has 8 rings (SSSR count). The second kappa shape index (κ2) is 18.1. The minimum Gasteiger partial charge on any atom is -0.374 e. The molecule has 4 aliphatic heterocycles. The van der Waals surface area contributed by atoms with Crippen molar-refractivity contribution < 1.29 is 23.9 Å². The highest BCUT2D eigenvalue weighted by Crippen LogP contribution is 2.27. The molecule has 0 radical (unpaired) electrons. The van der Waals surface area contributed by atoms with Crippen molar-refractivity contribution in [1.82, 2.24) is 35.3 Å². The zero-order valence-corrected chi connectivity index (χ0v) is 34.5. The van der Waals surface area contributed by atoms with E-state index in [1.54, 1.807) is 23.2 Å². The normalized spacial score (nSPS) is 18.8. The number of rotatable bonds is 13. The number of ether oxygens (including phenoxy) is 1. The Morgan fingerprint density at radius 1 is 0.900 bits per heavy atom. The third kappa shape index (κ3) is 9.86. The van der Waals surface area contributed by atoms with E-state index < -0.39 is 6.04 Å². The summed E-state index contributed by atoms with van der Waals surface area (Å²) in [7, 11) is 0. The summed E-state index contributed by atoms with van der Waals surface area (Å²) in [6.45, 7) is 14.0. The first-order chi connectivity index (χ1) is 29.0. The van der Waals surface area contributed by atoms with Crippen LogP contribution < -0.4 is 26.2 Å². The quantitative estimate of drug-likeness (QED) is 0.139. The Bertz CT molecular complexity index is 2200. The first-order valence-electron chi connectivity index (χ1n) is 21.0. The minimum absolute atomic E-state index is 0.00528. The van der Waals surface area contributed by atoms with Gasteiger partial charge in [0.2, 0.25) is 17.8 Å². The van der Waals surface area contributed by atoms with Gasteiger partial charge in [0.15, 0.2) is 0 Å². The monoisotopic (exact) mass is 814 g/mol. The van der Waals surface area contributed by atoms with Crippen LogP contribution in [0.25, 0.3) is 11.3 Å². The number of likely N-dealkylation sites (tertiary alicyclic amines) is 2. The number of piperazine rings is 1. The number of carbonyl (C=O) groups is 4. The maximum Gasteiger partial charge on any atom is 0.317 e. The van der Waals surface area contributed by atoms with Crippen molar-refractivity contribution >= 4 is 46.8 Å². The third-order valence-electron chi connectivity index (χ3n) is 11.6. The van der Waals surface area contributed by atoms with Crippen LogP contribution in [0.1, 0.15) is 48.2 Å². The van der Waals surface area contributed by atoms with Crippen molar-refractivity contribution in [3.05, 3.63) is 95.7 Å². The molecule has 1 atom stereocenters. The van der Waals surface area contributed by atoms with Crippen LogP contribution in [0.15, 0.2) is 79.0 Å². The number of hydrogen-bond acceptors (Lipinski definition) is 11. The predicted octanol–water partition coefficient (Wildman–Crippen LogP) is 4.63. The molecule has 5 heterocycles. The molecule has 0 aliphatic carbocycles. The molecule has 314 valence electrons. The highest BCUT2D eigenvalue weighted by atomic mass is 16.5. The van der Waals surface area contributed by atoms with Crippen LogP contribution in [-0.4, -0.2) is 126 Å². The summed E-state index contributed by atoms with van der Waals surface area (Å²) in [5.74, 6) is 0.362. The number of benzene rings is 3. The van der Waals surface area contributed by atoms with Crippen molar-refractivity contribution in [2.24, 2.45) is 5.92 Å². The molecular weight excluding hydrogens is 761 g/mol. The molecular formula is C45H54N10O5. The molecule has 3 aromatic carbocycles. The largest absolute Gasteiger partial charge is 0.374 e. The van der Waals surface area contributed by atoms with E-state index in [2.05, 4.69) is 66.4 Å². The van der Waals surface area contributed by atoms with Crippen LogP contribution in [0.4, 0.5) is 27.8 Å². The molecule has 0 bridgehead atoms. The Hall–Kier alpha value is -6.06. The van der Waals surface area contributed by atoms with E-state index in [1.165, 1.54) is 5.69 Å². The zero-order chi connectivity index (χ0) is 41.8. The van der Waals surface area contributed by atoms with Crippen molar-refractivity contribution in [3.63, 3.8) is 0 Å². The number of nitrogens with zero attached hydrogens (tertiary/aromatic N) is 6. The number of nitrogens with one attached hydrogen (secondary N) is 4.